The van der Waals surface area contributed by atoms with Gasteiger partial charge in [-0.3, -0.25) is 5.32 Å². The quantitative estimate of drug-likeness (QED) is 0.484. The average Bonchev–Trinajstić information content (AvgIpc) is 2.46. The van der Waals surface area contributed by atoms with E-state index in [-0.39, 0.29) is 29.6 Å². The SMILES string of the molecule is Cc1ccc2nc([N-]C#N)[nH]c2c1.[Na+]. The van der Waals surface area contributed by atoms with Gasteiger partial charge in [0.2, 0.25) is 0 Å². The topological polar surface area (TPSA) is 66.6 Å². The Morgan fingerprint density at radius 3 is 3.00 bits per heavy atom. The maximum atomic E-state index is 8.32. The van der Waals surface area contributed by atoms with Crippen LogP contribution in [0.3, 0.4) is 0 Å². The number of aryl methyl sites for hydroxylation is 1. The van der Waals surface area contributed by atoms with E-state index in [1.165, 1.54) is 0 Å². The first-order chi connectivity index (χ1) is 6.29. The van der Waals surface area contributed by atoms with Crippen molar-refractivity contribution in [2.24, 2.45) is 0 Å². The van der Waals surface area contributed by atoms with Crippen molar-refractivity contribution < 1.29 is 29.6 Å². The number of rotatable bonds is 1. The Labute approximate surface area is 104 Å². The first-order valence-corrected chi connectivity index (χ1v) is 3.86. The van der Waals surface area contributed by atoms with E-state index in [0.29, 0.717) is 5.95 Å². The first-order valence-electron chi connectivity index (χ1n) is 3.86. The standard InChI is InChI=1S/C9H7N4.Na/c1-6-2-3-7-8(4-6)13-9(12-7)11-5-10;/h2-4H,1H3,(H-,11,12,13);/q-1;+1. The van der Waals surface area contributed by atoms with Crippen LogP contribution in [-0.4, -0.2) is 9.97 Å². The summed E-state index contributed by atoms with van der Waals surface area (Å²) in [6.07, 6.45) is 1.69. The zero-order valence-electron chi connectivity index (χ0n) is 8.07. The third-order valence-corrected chi connectivity index (χ3v) is 1.78. The molecule has 0 aliphatic carbocycles. The Kier molecular flexibility index (Phi) is 3.53. The summed E-state index contributed by atoms with van der Waals surface area (Å²) in [6, 6.07) is 5.84. The van der Waals surface area contributed by atoms with E-state index >= 15 is 0 Å². The molecule has 1 aromatic heterocycles. The summed E-state index contributed by atoms with van der Waals surface area (Å²) in [5.41, 5.74) is 2.90. The van der Waals surface area contributed by atoms with Gasteiger partial charge < -0.3 is 15.2 Å². The monoisotopic (exact) mass is 194 g/mol. The van der Waals surface area contributed by atoms with Crippen LogP contribution in [0, 0.1) is 18.4 Å². The predicted octanol–water partition coefficient (Wildman–Crippen LogP) is -0.638. The van der Waals surface area contributed by atoms with Crippen molar-refractivity contribution in [3.8, 4) is 6.19 Å². The molecule has 0 bridgehead atoms. The second-order valence-corrected chi connectivity index (χ2v) is 2.79. The molecule has 0 aliphatic rings. The number of hydrogen-bond acceptors (Lipinski definition) is 2. The van der Waals surface area contributed by atoms with Gasteiger partial charge in [0.15, 0.2) is 0 Å². The smallest absolute Gasteiger partial charge is 0.388 e. The summed E-state index contributed by atoms with van der Waals surface area (Å²) in [4.78, 5) is 7.04. The third kappa shape index (κ3) is 2.07. The van der Waals surface area contributed by atoms with Gasteiger partial charge >= 0.3 is 29.6 Å². The van der Waals surface area contributed by atoms with Gasteiger partial charge in [0.1, 0.15) is 0 Å². The molecule has 0 saturated heterocycles. The largest absolute Gasteiger partial charge is 1.00 e. The Morgan fingerprint density at radius 2 is 2.29 bits per heavy atom. The van der Waals surface area contributed by atoms with Crippen LogP contribution < -0.4 is 29.6 Å². The summed E-state index contributed by atoms with van der Waals surface area (Å²) >= 11 is 0. The molecular formula is C9H7N4Na. The van der Waals surface area contributed by atoms with E-state index in [0.717, 1.165) is 16.6 Å². The van der Waals surface area contributed by atoms with Crippen LogP contribution in [0.5, 0.6) is 0 Å². The molecule has 14 heavy (non-hydrogen) atoms. The van der Waals surface area contributed by atoms with Gasteiger partial charge in [-0.15, -0.1) is 0 Å². The van der Waals surface area contributed by atoms with Crippen molar-refractivity contribution in [3.05, 3.63) is 29.1 Å². The maximum Gasteiger partial charge on any atom is 1.00 e. The van der Waals surface area contributed by atoms with Crippen LogP contribution in [0.15, 0.2) is 18.2 Å². The van der Waals surface area contributed by atoms with Crippen molar-refractivity contribution in [2.75, 3.05) is 0 Å². The molecule has 1 heterocycles. The van der Waals surface area contributed by atoms with Gasteiger partial charge in [0.25, 0.3) is 0 Å². The van der Waals surface area contributed by atoms with E-state index in [1.54, 1.807) is 6.19 Å². The van der Waals surface area contributed by atoms with Gasteiger partial charge in [-0.2, -0.15) is 0 Å². The molecule has 4 nitrogen and oxygen atoms in total. The molecule has 0 amide bonds. The van der Waals surface area contributed by atoms with E-state index < -0.39 is 0 Å². The minimum atomic E-state index is 0. The Hall–Kier alpha value is -1.02. The number of hydrogen-bond donors (Lipinski definition) is 1. The van der Waals surface area contributed by atoms with E-state index in [1.807, 2.05) is 25.1 Å². The fraction of sp³-hybridized carbons (Fsp3) is 0.111. The average molecular weight is 194 g/mol. The van der Waals surface area contributed by atoms with Crippen molar-refractivity contribution in [1.29, 1.82) is 5.26 Å². The zero-order chi connectivity index (χ0) is 9.26. The third-order valence-electron chi connectivity index (χ3n) is 1.78. The van der Waals surface area contributed by atoms with Crippen molar-refractivity contribution in [1.82, 2.24) is 9.97 Å². The molecule has 2 rings (SSSR count). The van der Waals surface area contributed by atoms with Crippen LogP contribution >= 0.6 is 0 Å². The number of nitriles is 1. The normalized spacial score (nSPS) is 9.14. The molecule has 64 valence electrons. The minimum Gasteiger partial charge on any atom is -0.388 e. The molecule has 0 saturated carbocycles. The molecule has 2 aromatic rings. The van der Waals surface area contributed by atoms with E-state index in [2.05, 4.69) is 15.3 Å². The van der Waals surface area contributed by atoms with Gasteiger partial charge in [0, 0.05) is 11.0 Å². The molecule has 5 heteroatoms. The number of H-pyrrole nitrogens is 1. The van der Waals surface area contributed by atoms with E-state index in [4.69, 9.17) is 5.26 Å². The van der Waals surface area contributed by atoms with Crippen molar-refractivity contribution in [3.63, 3.8) is 0 Å². The predicted molar refractivity (Wildman–Crippen MR) is 49.5 cm³/mol. The fourth-order valence-corrected chi connectivity index (χ4v) is 1.21. The molecule has 0 unspecified atom stereocenters. The van der Waals surface area contributed by atoms with Crippen molar-refractivity contribution in [2.45, 2.75) is 6.92 Å². The summed E-state index contributed by atoms with van der Waals surface area (Å²) in [5, 5.41) is 11.8. The van der Waals surface area contributed by atoms with Crippen LogP contribution in [-0.2, 0) is 0 Å². The molecule has 0 radical (unpaired) electrons. The van der Waals surface area contributed by atoms with Gasteiger partial charge in [-0.05, 0) is 24.6 Å². The minimum absolute atomic E-state index is 0. The Balaban J connectivity index is 0.000000980. The van der Waals surface area contributed by atoms with Gasteiger partial charge in [0.05, 0.1) is 12.1 Å². The summed E-state index contributed by atoms with van der Waals surface area (Å²) < 4.78 is 0. The molecular weight excluding hydrogens is 187 g/mol. The number of fused-ring (bicyclic) bond motifs is 1. The Morgan fingerprint density at radius 1 is 1.50 bits per heavy atom. The van der Waals surface area contributed by atoms with Gasteiger partial charge in [-0.1, -0.05) is 6.07 Å². The molecule has 0 aliphatic heterocycles. The fourth-order valence-electron chi connectivity index (χ4n) is 1.21. The van der Waals surface area contributed by atoms with Crippen LogP contribution in [0.1, 0.15) is 5.56 Å². The van der Waals surface area contributed by atoms with Crippen LogP contribution in [0.25, 0.3) is 16.4 Å². The second kappa shape index (κ2) is 4.47. The number of aromatic nitrogens is 2. The first kappa shape index (κ1) is 11.1. The molecule has 0 spiro atoms. The Bertz CT molecular complexity index is 483. The molecule has 0 atom stereocenters. The van der Waals surface area contributed by atoms with Gasteiger partial charge in [-0.25, -0.2) is 0 Å². The van der Waals surface area contributed by atoms with E-state index in [9.17, 15) is 0 Å². The second-order valence-electron chi connectivity index (χ2n) is 2.79. The number of aromatic amines is 1. The molecule has 1 N–H and O–H groups in total. The maximum absolute atomic E-state index is 8.32. The van der Waals surface area contributed by atoms with Crippen LogP contribution in [0.4, 0.5) is 5.95 Å². The summed E-state index contributed by atoms with van der Waals surface area (Å²) in [7, 11) is 0. The number of imidazole rings is 1. The number of nitrogens with one attached hydrogen (secondary N) is 1. The van der Waals surface area contributed by atoms with Crippen LogP contribution in [0.2, 0.25) is 0 Å². The summed E-state index contributed by atoms with van der Waals surface area (Å²) in [6.45, 7) is 2.00. The van der Waals surface area contributed by atoms with Crippen molar-refractivity contribution >= 4 is 17.0 Å². The zero-order valence-corrected chi connectivity index (χ0v) is 10.1. The molecule has 1 aromatic carbocycles. The summed E-state index contributed by atoms with van der Waals surface area (Å²) in [5.74, 6) is 0.364. The number of benzene rings is 1. The number of nitrogens with zero attached hydrogens (tertiary/aromatic N) is 3. The molecule has 0 fully saturated rings.